The van der Waals surface area contributed by atoms with Crippen molar-refractivity contribution in [2.75, 3.05) is 10.6 Å². The maximum atomic E-state index is 12.9. The Balaban J connectivity index is 1.28. The van der Waals surface area contributed by atoms with Gasteiger partial charge in [-0.3, -0.25) is 9.59 Å². The van der Waals surface area contributed by atoms with Gasteiger partial charge in [0.05, 0.1) is 5.41 Å². The molecule has 6 aromatic carbocycles. The minimum atomic E-state index is -0.620. The average molecular weight is 626 g/mol. The zero-order chi connectivity index (χ0) is 31.0. The van der Waals surface area contributed by atoms with E-state index in [0.717, 1.165) is 11.1 Å². The second-order valence-corrected chi connectivity index (χ2v) is 11.8. The van der Waals surface area contributed by atoms with Crippen LogP contribution in [-0.2, 0) is 5.41 Å². The lowest BCUT2D eigenvalue weighted by atomic mass is 9.67. The highest BCUT2D eigenvalue weighted by Gasteiger charge is 2.45. The van der Waals surface area contributed by atoms with Crippen molar-refractivity contribution in [3.05, 3.63) is 189 Å². The lowest BCUT2D eigenvalue weighted by Gasteiger charge is -2.34. The van der Waals surface area contributed by atoms with Crippen LogP contribution in [0.3, 0.4) is 0 Å². The molecule has 0 bridgehead atoms. The quantitative estimate of drug-likeness (QED) is 0.193. The number of hydrogen-bond donors (Lipinski definition) is 2. The topological polar surface area (TPSA) is 58.2 Å². The number of anilines is 2. The van der Waals surface area contributed by atoms with Gasteiger partial charge in [-0.1, -0.05) is 96.0 Å². The predicted molar refractivity (Wildman–Crippen MR) is 183 cm³/mol. The van der Waals surface area contributed by atoms with Gasteiger partial charge in [0.25, 0.3) is 11.8 Å². The van der Waals surface area contributed by atoms with Crippen LogP contribution in [0.2, 0.25) is 10.0 Å². The molecule has 1 aliphatic rings. The molecule has 0 spiro atoms. The molecular formula is C39H26Cl2N2O2. The first kappa shape index (κ1) is 28.6. The third-order valence-corrected chi connectivity index (χ3v) is 8.82. The van der Waals surface area contributed by atoms with Crippen LogP contribution in [0.1, 0.15) is 43.0 Å². The highest BCUT2D eigenvalue weighted by molar-refractivity contribution is 6.31. The Labute approximate surface area is 271 Å². The highest BCUT2D eigenvalue weighted by atomic mass is 35.5. The molecule has 0 radical (unpaired) electrons. The van der Waals surface area contributed by atoms with Gasteiger partial charge in [-0.2, -0.15) is 0 Å². The summed E-state index contributed by atoms with van der Waals surface area (Å²) in [5.74, 6) is -0.413. The van der Waals surface area contributed by atoms with Crippen molar-refractivity contribution in [1.29, 1.82) is 0 Å². The monoisotopic (exact) mass is 624 g/mol. The van der Waals surface area contributed by atoms with Crippen LogP contribution >= 0.6 is 23.2 Å². The fourth-order valence-corrected chi connectivity index (χ4v) is 6.49. The lowest BCUT2D eigenvalue weighted by Crippen LogP contribution is -2.28. The van der Waals surface area contributed by atoms with Gasteiger partial charge in [-0.05, 0) is 106 Å². The third-order valence-electron chi connectivity index (χ3n) is 8.32. The zero-order valence-corrected chi connectivity index (χ0v) is 25.4. The van der Waals surface area contributed by atoms with Crippen molar-refractivity contribution in [3.8, 4) is 11.1 Å². The summed E-state index contributed by atoms with van der Waals surface area (Å²) < 4.78 is 0. The predicted octanol–water partition coefficient (Wildman–Crippen LogP) is 9.86. The summed E-state index contributed by atoms with van der Waals surface area (Å²) in [7, 11) is 0. The molecule has 1 aliphatic carbocycles. The van der Waals surface area contributed by atoms with E-state index in [1.807, 2.05) is 24.3 Å². The van der Waals surface area contributed by atoms with Crippen molar-refractivity contribution in [1.82, 2.24) is 0 Å². The Hall–Kier alpha value is -5.16. The summed E-state index contributed by atoms with van der Waals surface area (Å²) in [4.78, 5) is 25.8. The second kappa shape index (κ2) is 11.7. The summed E-state index contributed by atoms with van der Waals surface area (Å²) in [6.45, 7) is 0. The zero-order valence-electron chi connectivity index (χ0n) is 23.9. The fraction of sp³-hybridized carbons (Fsp3) is 0.0256. The standard InChI is InChI=1S/C39H26Cl2N2O2/c40-29-17-9-25(10-18-29)37(44)42-31-21-13-27(14-22-31)39(35-7-3-1-5-33(35)34-6-2-4-8-36(34)39)28-15-23-32(24-16-28)43-38(45)26-11-19-30(41)20-12-26/h1-24H,(H,42,44)(H,43,45). The van der Waals surface area contributed by atoms with E-state index in [0.29, 0.717) is 32.5 Å². The van der Waals surface area contributed by atoms with Gasteiger partial charge in [0.15, 0.2) is 0 Å². The number of hydrogen-bond acceptors (Lipinski definition) is 2. The van der Waals surface area contributed by atoms with Gasteiger partial charge in [0, 0.05) is 32.5 Å². The van der Waals surface area contributed by atoms with Crippen molar-refractivity contribution in [2.24, 2.45) is 0 Å². The average Bonchev–Trinajstić information content (AvgIpc) is 3.37. The molecule has 2 amide bonds. The van der Waals surface area contributed by atoms with Crippen LogP contribution < -0.4 is 10.6 Å². The normalized spacial score (nSPS) is 12.6. The van der Waals surface area contributed by atoms with Crippen molar-refractivity contribution in [3.63, 3.8) is 0 Å². The highest BCUT2D eigenvalue weighted by Crippen LogP contribution is 2.56. The minimum Gasteiger partial charge on any atom is -0.322 e. The molecule has 0 aliphatic heterocycles. The fourth-order valence-electron chi connectivity index (χ4n) is 6.24. The van der Waals surface area contributed by atoms with E-state index in [1.54, 1.807) is 48.5 Å². The molecule has 45 heavy (non-hydrogen) atoms. The van der Waals surface area contributed by atoms with E-state index in [-0.39, 0.29) is 11.8 Å². The minimum absolute atomic E-state index is 0.207. The van der Waals surface area contributed by atoms with E-state index in [1.165, 1.54) is 22.3 Å². The number of carbonyl (C=O) groups is 2. The molecule has 0 saturated heterocycles. The summed E-state index contributed by atoms with van der Waals surface area (Å²) in [6, 6.07) is 46.6. The van der Waals surface area contributed by atoms with Crippen molar-refractivity contribution in [2.45, 2.75) is 5.41 Å². The van der Waals surface area contributed by atoms with Gasteiger partial charge in [0.2, 0.25) is 0 Å². The number of carbonyl (C=O) groups excluding carboxylic acids is 2. The van der Waals surface area contributed by atoms with Gasteiger partial charge in [-0.15, -0.1) is 0 Å². The maximum Gasteiger partial charge on any atom is 0.255 e. The van der Waals surface area contributed by atoms with Crippen LogP contribution in [0.15, 0.2) is 146 Å². The summed E-state index contributed by atoms with van der Waals surface area (Å²) in [5, 5.41) is 7.16. The van der Waals surface area contributed by atoms with E-state index in [2.05, 4.69) is 83.4 Å². The summed E-state index contributed by atoms with van der Waals surface area (Å²) in [6.07, 6.45) is 0. The first-order valence-electron chi connectivity index (χ1n) is 14.5. The van der Waals surface area contributed by atoms with Gasteiger partial charge < -0.3 is 10.6 Å². The first-order chi connectivity index (χ1) is 21.9. The number of amides is 2. The molecule has 0 fully saturated rings. The Bertz CT molecular complexity index is 1890. The number of rotatable bonds is 6. The van der Waals surface area contributed by atoms with Crippen LogP contribution in [0, 0.1) is 0 Å². The molecule has 0 atom stereocenters. The SMILES string of the molecule is O=C(Nc1ccc(C2(c3ccc(NC(=O)c4ccc(Cl)cc4)cc3)c3ccccc3-c3ccccc32)cc1)c1ccc(Cl)cc1. The Morgan fingerprint density at radius 1 is 0.444 bits per heavy atom. The number of benzene rings is 6. The van der Waals surface area contributed by atoms with Crippen LogP contribution in [0.4, 0.5) is 11.4 Å². The summed E-state index contributed by atoms with van der Waals surface area (Å²) in [5.41, 5.74) is 8.62. The summed E-state index contributed by atoms with van der Waals surface area (Å²) >= 11 is 12.0. The van der Waals surface area contributed by atoms with Crippen LogP contribution in [-0.4, -0.2) is 11.8 Å². The number of nitrogens with one attached hydrogen (secondary N) is 2. The molecule has 0 aromatic heterocycles. The molecule has 218 valence electrons. The smallest absolute Gasteiger partial charge is 0.255 e. The molecular weight excluding hydrogens is 599 g/mol. The Morgan fingerprint density at radius 3 is 1.18 bits per heavy atom. The molecule has 0 heterocycles. The number of halogens is 2. The Kier molecular flexibility index (Phi) is 7.46. The molecule has 0 unspecified atom stereocenters. The maximum absolute atomic E-state index is 12.9. The van der Waals surface area contributed by atoms with Crippen LogP contribution in [0.25, 0.3) is 11.1 Å². The van der Waals surface area contributed by atoms with Crippen LogP contribution in [0.5, 0.6) is 0 Å². The lowest BCUT2D eigenvalue weighted by molar-refractivity contribution is 0.101. The third kappa shape index (κ3) is 5.18. The van der Waals surface area contributed by atoms with E-state index in [9.17, 15) is 9.59 Å². The van der Waals surface area contributed by atoms with Gasteiger partial charge >= 0.3 is 0 Å². The molecule has 6 aromatic rings. The van der Waals surface area contributed by atoms with Gasteiger partial charge in [-0.25, -0.2) is 0 Å². The van der Waals surface area contributed by atoms with Crippen molar-refractivity contribution < 1.29 is 9.59 Å². The first-order valence-corrected chi connectivity index (χ1v) is 15.2. The van der Waals surface area contributed by atoms with Crippen molar-refractivity contribution >= 4 is 46.4 Å². The van der Waals surface area contributed by atoms with E-state index in [4.69, 9.17) is 23.2 Å². The van der Waals surface area contributed by atoms with E-state index < -0.39 is 5.41 Å². The molecule has 2 N–H and O–H groups in total. The van der Waals surface area contributed by atoms with Gasteiger partial charge in [0.1, 0.15) is 0 Å². The largest absolute Gasteiger partial charge is 0.322 e. The molecule has 6 heteroatoms. The molecule has 7 rings (SSSR count). The second-order valence-electron chi connectivity index (χ2n) is 10.9. The van der Waals surface area contributed by atoms with E-state index >= 15 is 0 Å². The number of fused-ring (bicyclic) bond motifs is 3. The molecule has 4 nitrogen and oxygen atoms in total. The molecule has 0 saturated carbocycles. The Morgan fingerprint density at radius 2 is 0.800 bits per heavy atom.